The first-order valence-corrected chi connectivity index (χ1v) is 11.6. The van der Waals surface area contributed by atoms with Crippen LogP contribution in [0.15, 0.2) is 47.8 Å². The zero-order chi connectivity index (χ0) is 23.5. The normalized spacial score (nSPS) is 13.6. The summed E-state index contributed by atoms with van der Waals surface area (Å²) in [5.74, 6) is -1.41. The lowest BCUT2D eigenvalue weighted by atomic mass is 10.1. The Morgan fingerprint density at radius 3 is 2.36 bits per heavy atom. The molecule has 170 valence electrons. The Hall–Kier alpha value is -3.52. The van der Waals surface area contributed by atoms with Gasteiger partial charge in [0.25, 0.3) is 0 Å². The molecule has 8 heteroatoms. The average Bonchev–Trinajstić information content (AvgIpc) is 3.51. The fourth-order valence-corrected chi connectivity index (χ4v) is 4.71. The van der Waals surface area contributed by atoms with E-state index in [-0.39, 0.29) is 42.6 Å². The summed E-state index contributed by atoms with van der Waals surface area (Å²) in [6.07, 6.45) is 1.28. The van der Waals surface area contributed by atoms with Crippen LogP contribution >= 0.6 is 11.3 Å². The molecule has 3 aromatic rings. The smallest absolute Gasteiger partial charge is 0.338 e. The fourth-order valence-electron chi connectivity index (χ4n) is 4.01. The molecule has 0 atom stereocenters. The van der Waals surface area contributed by atoms with Crippen LogP contribution in [0.3, 0.4) is 0 Å². The van der Waals surface area contributed by atoms with Gasteiger partial charge in [-0.3, -0.25) is 19.3 Å². The van der Waals surface area contributed by atoms with Gasteiger partial charge in [0.05, 0.1) is 11.3 Å². The number of esters is 1. The minimum Gasteiger partial charge on any atom is -0.454 e. The molecule has 1 aliphatic heterocycles. The van der Waals surface area contributed by atoms with E-state index >= 15 is 0 Å². The third-order valence-electron chi connectivity index (χ3n) is 5.78. The quantitative estimate of drug-likeness (QED) is 0.285. The van der Waals surface area contributed by atoms with Crippen LogP contribution < -0.4 is 4.90 Å². The highest BCUT2D eigenvalue weighted by Crippen LogP contribution is 2.23. The van der Waals surface area contributed by atoms with Crippen molar-refractivity contribution < 1.29 is 23.9 Å². The fraction of sp³-hybridized carbons (Fsp3) is 0.280. The molecule has 0 spiro atoms. The topological polar surface area (TPSA) is 85.7 Å². The minimum absolute atomic E-state index is 0.194. The third-order valence-corrected chi connectivity index (χ3v) is 6.72. The molecular weight excluding hydrogens is 440 g/mol. The Labute approximate surface area is 195 Å². The summed E-state index contributed by atoms with van der Waals surface area (Å²) in [6.45, 7) is 4.27. The second kappa shape index (κ2) is 9.54. The van der Waals surface area contributed by atoms with Gasteiger partial charge in [0.1, 0.15) is 0 Å². The molecule has 1 fully saturated rings. The largest absolute Gasteiger partial charge is 0.454 e. The molecule has 2 aromatic heterocycles. The highest BCUT2D eigenvalue weighted by atomic mass is 32.1. The number of nitrogens with zero attached hydrogens (tertiary/aromatic N) is 2. The number of carbonyl (C=O) groups excluding carboxylic acids is 4. The Morgan fingerprint density at radius 2 is 1.73 bits per heavy atom. The van der Waals surface area contributed by atoms with Gasteiger partial charge in [0.15, 0.2) is 6.61 Å². The summed E-state index contributed by atoms with van der Waals surface area (Å²) < 4.78 is 7.34. The number of imide groups is 1. The number of hydrogen-bond acceptors (Lipinski definition) is 6. The van der Waals surface area contributed by atoms with Gasteiger partial charge in [-0.15, -0.1) is 11.3 Å². The van der Waals surface area contributed by atoms with Crippen LogP contribution in [-0.4, -0.2) is 34.7 Å². The first kappa shape index (κ1) is 22.7. The van der Waals surface area contributed by atoms with E-state index in [4.69, 9.17) is 4.74 Å². The molecule has 3 heterocycles. The lowest BCUT2D eigenvalue weighted by Gasteiger charge is -2.14. The molecule has 0 radical (unpaired) electrons. The maximum Gasteiger partial charge on any atom is 0.338 e. The highest BCUT2D eigenvalue weighted by molar-refractivity contribution is 7.09. The standard InChI is InChI=1S/C25H24N2O5S/c1-16-14-21(17(2)26(16)12-11-20-4-3-13-33-20)22(28)15-32-25(31)18-5-7-19(8-6-18)27-23(29)9-10-24(27)30/h3-8,13-14H,9-12,15H2,1-2H3. The number of carbonyl (C=O) groups is 4. The van der Waals surface area contributed by atoms with Crippen molar-refractivity contribution in [3.8, 4) is 0 Å². The number of rotatable bonds is 8. The van der Waals surface area contributed by atoms with Crippen molar-refractivity contribution in [2.75, 3.05) is 11.5 Å². The lowest BCUT2D eigenvalue weighted by Crippen LogP contribution is -2.28. The number of amides is 2. The van der Waals surface area contributed by atoms with E-state index < -0.39 is 5.97 Å². The molecule has 0 bridgehead atoms. The van der Waals surface area contributed by atoms with Crippen molar-refractivity contribution in [1.82, 2.24) is 4.57 Å². The molecule has 1 saturated heterocycles. The van der Waals surface area contributed by atoms with Gasteiger partial charge in [-0.05, 0) is 62.0 Å². The number of aromatic nitrogens is 1. The Bertz CT molecular complexity index is 1190. The first-order chi connectivity index (χ1) is 15.8. The number of hydrogen-bond donors (Lipinski definition) is 0. The molecule has 0 N–H and O–H groups in total. The summed E-state index contributed by atoms with van der Waals surface area (Å²) in [5, 5.41) is 2.05. The monoisotopic (exact) mass is 464 g/mol. The van der Waals surface area contributed by atoms with E-state index in [1.54, 1.807) is 11.3 Å². The SMILES string of the molecule is Cc1cc(C(=O)COC(=O)c2ccc(N3C(=O)CCC3=O)cc2)c(C)n1CCc1cccs1. The number of aryl methyl sites for hydroxylation is 2. The molecule has 2 amide bonds. The lowest BCUT2D eigenvalue weighted by molar-refractivity contribution is -0.121. The number of Topliss-reactive ketones (excluding diaryl/α,β-unsaturated/α-hetero) is 1. The number of thiophene rings is 1. The molecule has 0 saturated carbocycles. The van der Waals surface area contributed by atoms with Crippen LogP contribution in [0, 0.1) is 13.8 Å². The molecule has 4 rings (SSSR count). The van der Waals surface area contributed by atoms with Gasteiger partial charge in [-0.25, -0.2) is 4.79 Å². The molecule has 1 aliphatic rings. The minimum atomic E-state index is -0.638. The molecular formula is C25H24N2O5S. The first-order valence-electron chi connectivity index (χ1n) is 10.7. The Kier molecular flexibility index (Phi) is 6.55. The van der Waals surface area contributed by atoms with E-state index in [1.807, 2.05) is 31.4 Å². The zero-order valence-electron chi connectivity index (χ0n) is 18.5. The van der Waals surface area contributed by atoms with Gasteiger partial charge in [0.2, 0.25) is 17.6 Å². The third kappa shape index (κ3) is 4.80. The van der Waals surface area contributed by atoms with Crippen LogP contribution in [0.2, 0.25) is 0 Å². The second-order valence-electron chi connectivity index (χ2n) is 7.93. The van der Waals surface area contributed by atoms with Crippen LogP contribution in [0.25, 0.3) is 0 Å². The summed E-state index contributed by atoms with van der Waals surface area (Å²) in [5.41, 5.74) is 3.06. The number of anilines is 1. The summed E-state index contributed by atoms with van der Waals surface area (Å²) in [7, 11) is 0. The zero-order valence-corrected chi connectivity index (χ0v) is 19.3. The van der Waals surface area contributed by atoms with Crippen molar-refractivity contribution >= 4 is 40.6 Å². The highest BCUT2D eigenvalue weighted by Gasteiger charge is 2.30. The summed E-state index contributed by atoms with van der Waals surface area (Å²) in [4.78, 5) is 51.2. The summed E-state index contributed by atoms with van der Waals surface area (Å²) >= 11 is 1.71. The maximum atomic E-state index is 12.7. The van der Waals surface area contributed by atoms with Crippen molar-refractivity contribution in [2.45, 2.75) is 39.7 Å². The number of ketones is 1. The van der Waals surface area contributed by atoms with Gasteiger partial charge in [0, 0.05) is 41.2 Å². The van der Waals surface area contributed by atoms with Crippen LogP contribution in [0.5, 0.6) is 0 Å². The van der Waals surface area contributed by atoms with E-state index in [0.717, 1.165) is 29.3 Å². The van der Waals surface area contributed by atoms with Crippen molar-refractivity contribution in [1.29, 1.82) is 0 Å². The molecule has 7 nitrogen and oxygen atoms in total. The second-order valence-corrected chi connectivity index (χ2v) is 8.97. The Morgan fingerprint density at radius 1 is 1.03 bits per heavy atom. The Balaban J connectivity index is 1.36. The van der Waals surface area contributed by atoms with E-state index in [0.29, 0.717) is 11.3 Å². The van der Waals surface area contributed by atoms with Gasteiger partial charge in [-0.1, -0.05) is 6.07 Å². The van der Waals surface area contributed by atoms with E-state index in [1.165, 1.54) is 29.1 Å². The van der Waals surface area contributed by atoms with Gasteiger partial charge in [-0.2, -0.15) is 0 Å². The maximum absolute atomic E-state index is 12.7. The molecule has 0 aliphatic carbocycles. The summed E-state index contributed by atoms with van der Waals surface area (Å²) in [6, 6.07) is 12.0. The van der Waals surface area contributed by atoms with E-state index in [2.05, 4.69) is 10.6 Å². The molecule has 33 heavy (non-hydrogen) atoms. The van der Waals surface area contributed by atoms with Crippen molar-refractivity contribution in [3.63, 3.8) is 0 Å². The molecule has 0 unspecified atom stereocenters. The predicted molar refractivity (Wildman–Crippen MR) is 125 cm³/mol. The van der Waals surface area contributed by atoms with Crippen molar-refractivity contribution in [2.24, 2.45) is 0 Å². The van der Waals surface area contributed by atoms with Crippen LogP contribution in [0.1, 0.15) is 49.8 Å². The predicted octanol–water partition coefficient (Wildman–Crippen LogP) is 4.10. The molecule has 1 aromatic carbocycles. The van der Waals surface area contributed by atoms with Crippen LogP contribution in [-0.2, 0) is 27.3 Å². The number of ether oxygens (including phenoxy) is 1. The van der Waals surface area contributed by atoms with Crippen molar-refractivity contribution in [3.05, 3.63) is 75.2 Å². The van der Waals surface area contributed by atoms with E-state index in [9.17, 15) is 19.2 Å². The van der Waals surface area contributed by atoms with Crippen LogP contribution in [0.4, 0.5) is 5.69 Å². The van der Waals surface area contributed by atoms with Gasteiger partial charge >= 0.3 is 5.97 Å². The van der Waals surface area contributed by atoms with Gasteiger partial charge < -0.3 is 9.30 Å². The number of benzene rings is 1. The average molecular weight is 465 g/mol.